The van der Waals surface area contributed by atoms with Crippen LogP contribution in [-0.4, -0.2) is 57.0 Å². The van der Waals surface area contributed by atoms with E-state index in [1.165, 1.54) is 16.7 Å². The number of thioether (sulfide) groups is 1. The summed E-state index contributed by atoms with van der Waals surface area (Å²) >= 11 is 1.36. The topological polar surface area (TPSA) is 130 Å². The number of ether oxygens (including phenoxy) is 1. The van der Waals surface area contributed by atoms with Gasteiger partial charge in [0.25, 0.3) is 5.91 Å². The van der Waals surface area contributed by atoms with Crippen LogP contribution in [0, 0.1) is 0 Å². The van der Waals surface area contributed by atoms with Gasteiger partial charge < -0.3 is 30.3 Å². The van der Waals surface area contributed by atoms with E-state index in [4.69, 9.17) is 4.74 Å². The molecule has 2 aromatic carbocycles. The third-order valence-corrected chi connectivity index (χ3v) is 6.94. The summed E-state index contributed by atoms with van der Waals surface area (Å²) in [6.45, 7) is 5.76. The van der Waals surface area contributed by atoms with Crippen molar-refractivity contribution in [2.24, 2.45) is 0 Å². The minimum atomic E-state index is -1.28. The number of carboxylic acid groups (broad SMARTS) is 1. The van der Waals surface area contributed by atoms with Crippen molar-refractivity contribution in [1.29, 1.82) is 0 Å². The van der Waals surface area contributed by atoms with Gasteiger partial charge in [0, 0.05) is 4.75 Å². The molecule has 2 aliphatic heterocycles. The monoisotopic (exact) mass is 454 g/mol. The van der Waals surface area contributed by atoms with Crippen LogP contribution in [0.3, 0.4) is 0 Å². The first-order valence-electron chi connectivity index (χ1n) is 9.42. The Labute approximate surface area is 206 Å². The second kappa shape index (κ2) is 9.38. The van der Waals surface area contributed by atoms with Crippen LogP contribution < -0.4 is 44.7 Å². The minimum absolute atomic E-state index is 0. The Morgan fingerprint density at radius 2 is 1.90 bits per heavy atom. The average Bonchev–Trinajstić information content (AvgIpc) is 2.94. The van der Waals surface area contributed by atoms with Crippen LogP contribution in [0.1, 0.15) is 31.1 Å². The molecule has 2 heterocycles. The molecule has 2 saturated heterocycles. The van der Waals surface area contributed by atoms with Crippen LogP contribution in [0.25, 0.3) is 10.8 Å². The molecule has 3 atom stereocenters. The predicted molar refractivity (Wildman–Crippen MR) is 111 cm³/mol. The molecule has 10 heteroatoms. The summed E-state index contributed by atoms with van der Waals surface area (Å²) < 4.78 is 4.95. The molecule has 31 heavy (non-hydrogen) atoms. The van der Waals surface area contributed by atoms with Crippen LogP contribution in [0.4, 0.5) is 0 Å². The Bertz CT molecular complexity index is 1030. The molecule has 0 saturated carbocycles. The zero-order valence-corrected chi connectivity index (χ0v) is 20.6. The van der Waals surface area contributed by atoms with Gasteiger partial charge in [-0.2, -0.15) is 0 Å². The third-order valence-electron chi connectivity index (χ3n) is 5.37. The number of hydrogen-bond acceptors (Lipinski definition) is 6. The molecule has 0 aromatic heterocycles. The minimum Gasteiger partial charge on any atom is -0.548 e. The van der Waals surface area contributed by atoms with E-state index in [0.29, 0.717) is 17.9 Å². The van der Waals surface area contributed by atoms with E-state index in [0.717, 1.165) is 10.8 Å². The van der Waals surface area contributed by atoms with E-state index in [1.54, 1.807) is 19.9 Å². The van der Waals surface area contributed by atoms with Crippen LogP contribution in [0.5, 0.6) is 5.75 Å². The van der Waals surface area contributed by atoms with Gasteiger partial charge in [-0.25, -0.2) is 0 Å². The zero-order chi connectivity index (χ0) is 20.9. The molecule has 2 aromatic rings. The van der Waals surface area contributed by atoms with Crippen molar-refractivity contribution in [2.45, 2.75) is 43.0 Å². The van der Waals surface area contributed by atoms with Gasteiger partial charge in [-0.05, 0) is 37.6 Å². The summed E-state index contributed by atoms with van der Waals surface area (Å²) in [7, 11) is 0. The maximum absolute atomic E-state index is 13.2. The number of carboxylic acids is 1. The summed E-state index contributed by atoms with van der Waals surface area (Å²) in [6.07, 6.45) is 0. The van der Waals surface area contributed by atoms with Crippen molar-refractivity contribution in [1.82, 2.24) is 10.2 Å². The Morgan fingerprint density at radius 1 is 1.23 bits per heavy atom. The number of amides is 2. The number of aliphatic carboxylic acids is 1. The fourth-order valence-corrected chi connectivity index (χ4v) is 5.72. The summed E-state index contributed by atoms with van der Waals surface area (Å²) in [5.74, 6) is -1.66. The molecule has 8 nitrogen and oxygen atoms in total. The second-order valence-corrected chi connectivity index (χ2v) is 9.39. The van der Waals surface area contributed by atoms with E-state index in [-0.39, 0.29) is 35.0 Å². The molecule has 0 spiro atoms. The first-order chi connectivity index (χ1) is 13.8. The SMILES string of the molecule is CCOc1ccc2ccccc2c1C(=O)N[C@@H]1C(=O)N2[C@@H]1SC(C)(C)[C@H]2C(=O)[O-].O.[Na+]. The predicted octanol–water partition coefficient (Wildman–Crippen LogP) is -2.67. The number of benzene rings is 2. The molecule has 3 N–H and O–H groups in total. The molecule has 0 aliphatic carbocycles. The van der Waals surface area contributed by atoms with Crippen molar-refractivity contribution in [3.05, 3.63) is 42.0 Å². The first kappa shape index (κ1) is 25.5. The zero-order valence-electron chi connectivity index (χ0n) is 17.8. The summed E-state index contributed by atoms with van der Waals surface area (Å²) in [5, 5.41) is 15.5. The molecule has 0 bridgehead atoms. The Hall–Kier alpha value is -1.78. The molecule has 2 fully saturated rings. The fraction of sp³-hybridized carbons (Fsp3) is 0.381. The maximum atomic E-state index is 13.2. The van der Waals surface area contributed by atoms with Gasteiger partial charge in [-0.1, -0.05) is 30.3 Å². The number of nitrogens with zero attached hydrogens (tertiary/aromatic N) is 1. The third kappa shape index (κ3) is 4.17. The van der Waals surface area contributed by atoms with E-state index < -0.39 is 40.0 Å². The standard InChI is InChI=1S/C21H22N2O5S.Na.H2O/c1-4-28-13-10-9-11-7-5-6-8-12(11)14(13)17(24)22-15-18(25)23-16(20(26)27)21(2,3)29-19(15)23;;/h5-10,15-16,19H,4H2,1-3H3,(H,22,24)(H,26,27);;1H2/q;+1;/p-1/t15-,16-,19-;;/m1../s1. The molecule has 0 radical (unpaired) electrons. The molecular formula is C21H23N2NaO6S. The van der Waals surface area contributed by atoms with Crippen molar-refractivity contribution in [3.63, 3.8) is 0 Å². The Morgan fingerprint density at radius 3 is 2.55 bits per heavy atom. The van der Waals surface area contributed by atoms with Gasteiger partial charge in [-0.15, -0.1) is 11.8 Å². The van der Waals surface area contributed by atoms with E-state index in [2.05, 4.69) is 5.32 Å². The number of rotatable bonds is 5. The van der Waals surface area contributed by atoms with E-state index in [9.17, 15) is 19.5 Å². The quantitative estimate of drug-likeness (QED) is 0.387. The number of hydrogen-bond donors (Lipinski definition) is 1. The van der Waals surface area contributed by atoms with Crippen LogP contribution in [0.2, 0.25) is 0 Å². The number of carbonyl (C=O) groups is 3. The van der Waals surface area contributed by atoms with Gasteiger partial charge in [0.2, 0.25) is 5.91 Å². The Balaban J connectivity index is 0.00000171. The number of fused-ring (bicyclic) bond motifs is 2. The smallest absolute Gasteiger partial charge is 0.548 e. The van der Waals surface area contributed by atoms with E-state index in [1.807, 2.05) is 37.3 Å². The number of nitrogens with one attached hydrogen (secondary N) is 1. The van der Waals surface area contributed by atoms with Crippen LogP contribution in [0.15, 0.2) is 36.4 Å². The summed E-state index contributed by atoms with van der Waals surface area (Å²) in [6, 6.07) is 9.28. The summed E-state index contributed by atoms with van der Waals surface area (Å²) in [4.78, 5) is 38.7. The largest absolute Gasteiger partial charge is 1.00 e. The van der Waals surface area contributed by atoms with E-state index >= 15 is 0 Å². The second-order valence-electron chi connectivity index (χ2n) is 7.62. The van der Waals surface area contributed by atoms with Crippen molar-refractivity contribution in [2.75, 3.05) is 6.61 Å². The average molecular weight is 454 g/mol. The summed E-state index contributed by atoms with van der Waals surface area (Å²) in [5.41, 5.74) is 0.370. The normalized spacial score (nSPS) is 23.1. The van der Waals surface area contributed by atoms with Crippen molar-refractivity contribution >= 4 is 40.3 Å². The van der Waals surface area contributed by atoms with Crippen LogP contribution in [-0.2, 0) is 9.59 Å². The van der Waals surface area contributed by atoms with Gasteiger partial charge in [-0.3, -0.25) is 9.59 Å². The van der Waals surface area contributed by atoms with Gasteiger partial charge >= 0.3 is 29.6 Å². The van der Waals surface area contributed by atoms with Gasteiger partial charge in [0.1, 0.15) is 17.2 Å². The van der Waals surface area contributed by atoms with Crippen molar-refractivity contribution in [3.8, 4) is 5.75 Å². The number of β-lactam (4-membered cyclic amide) rings is 1. The van der Waals surface area contributed by atoms with Crippen LogP contribution >= 0.6 is 11.8 Å². The molecule has 2 amide bonds. The first-order valence-corrected chi connectivity index (χ1v) is 10.3. The van der Waals surface area contributed by atoms with Gasteiger partial charge in [0.15, 0.2) is 0 Å². The molecule has 2 aliphatic rings. The fourth-order valence-electron chi connectivity index (χ4n) is 4.10. The molecule has 0 unspecified atom stereocenters. The molecule has 160 valence electrons. The van der Waals surface area contributed by atoms with Gasteiger partial charge in [0.05, 0.1) is 24.2 Å². The van der Waals surface area contributed by atoms with Crippen molar-refractivity contribution < 1.29 is 59.3 Å². The maximum Gasteiger partial charge on any atom is 1.00 e. The number of carbonyl (C=O) groups excluding carboxylic acids is 3. The Kier molecular flexibility index (Phi) is 7.71. The molecule has 4 rings (SSSR count). The molecular weight excluding hydrogens is 431 g/mol.